The van der Waals surface area contributed by atoms with Crippen molar-refractivity contribution in [3.8, 4) is 0 Å². The Morgan fingerprint density at radius 1 is 1.40 bits per heavy atom. The Hall–Kier alpha value is -0.750. The molecule has 20 heavy (non-hydrogen) atoms. The summed E-state index contributed by atoms with van der Waals surface area (Å²) in [6.45, 7) is 7.40. The molecule has 0 atom stereocenters. The highest BCUT2D eigenvalue weighted by Gasteiger charge is 2.17. The Morgan fingerprint density at radius 3 is 3.25 bits per heavy atom. The van der Waals surface area contributed by atoms with Crippen LogP contribution in [0.4, 0.5) is 0 Å². The Kier molecular flexibility index (Phi) is 4.83. The van der Waals surface area contributed by atoms with Crippen molar-refractivity contribution in [1.82, 2.24) is 15.2 Å². The van der Waals surface area contributed by atoms with Gasteiger partial charge >= 0.3 is 0 Å². The van der Waals surface area contributed by atoms with E-state index in [-0.39, 0.29) is 0 Å². The molecule has 5 heteroatoms. The minimum absolute atomic E-state index is 0.910. The first kappa shape index (κ1) is 14.2. The molecule has 0 aliphatic carbocycles. The van der Waals surface area contributed by atoms with Gasteiger partial charge in [-0.25, -0.2) is 4.98 Å². The highest BCUT2D eigenvalue weighted by Crippen LogP contribution is 2.25. The minimum Gasteiger partial charge on any atom is -0.310 e. The van der Waals surface area contributed by atoms with Gasteiger partial charge in [-0.05, 0) is 36.4 Å². The van der Waals surface area contributed by atoms with Crippen molar-refractivity contribution in [2.75, 3.05) is 13.1 Å². The van der Waals surface area contributed by atoms with Gasteiger partial charge in [0.15, 0.2) is 0 Å². The maximum Gasteiger partial charge on any atom is 0.107 e. The van der Waals surface area contributed by atoms with Crippen molar-refractivity contribution < 1.29 is 0 Å². The predicted octanol–water partition coefficient (Wildman–Crippen LogP) is 3.26. The lowest BCUT2D eigenvalue weighted by Crippen LogP contribution is -2.29. The molecule has 2 aromatic rings. The molecular formula is C15H21N3S2. The van der Waals surface area contributed by atoms with Crippen LogP contribution in [0.25, 0.3) is 0 Å². The van der Waals surface area contributed by atoms with E-state index in [9.17, 15) is 0 Å². The number of rotatable bonds is 6. The van der Waals surface area contributed by atoms with Crippen molar-refractivity contribution in [3.05, 3.63) is 38.0 Å². The van der Waals surface area contributed by atoms with Gasteiger partial charge in [-0.3, -0.25) is 4.90 Å². The fourth-order valence-corrected chi connectivity index (χ4v) is 4.19. The van der Waals surface area contributed by atoms with Gasteiger partial charge in [0.2, 0.25) is 0 Å². The fourth-order valence-electron chi connectivity index (χ4n) is 2.55. The summed E-state index contributed by atoms with van der Waals surface area (Å²) in [6.07, 6.45) is 2.37. The molecule has 0 aromatic carbocycles. The van der Waals surface area contributed by atoms with Crippen molar-refractivity contribution in [1.29, 1.82) is 0 Å². The third-order valence-corrected chi connectivity index (χ3v) is 5.50. The Balaban J connectivity index is 1.54. The Bertz CT molecular complexity index is 547. The topological polar surface area (TPSA) is 28.2 Å². The van der Waals surface area contributed by atoms with Crippen LogP contribution in [-0.2, 0) is 26.1 Å². The number of nitrogens with one attached hydrogen (secondary N) is 1. The van der Waals surface area contributed by atoms with Gasteiger partial charge in [0.1, 0.15) is 5.01 Å². The van der Waals surface area contributed by atoms with E-state index in [4.69, 9.17) is 4.98 Å². The second-order valence-electron chi connectivity index (χ2n) is 5.24. The SMILES string of the molecule is CCCNCc1nc(CN2CCc3sccc3C2)cs1. The van der Waals surface area contributed by atoms with Crippen LogP contribution in [0.5, 0.6) is 0 Å². The largest absolute Gasteiger partial charge is 0.310 e. The average molecular weight is 307 g/mol. The lowest BCUT2D eigenvalue weighted by atomic mass is 10.1. The van der Waals surface area contributed by atoms with E-state index < -0.39 is 0 Å². The van der Waals surface area contributed by atoms with Crippen molar-refractivity contribution >= 4 is 22.7 Å². The summed E-state index contributed by atoms with van der Waals surface area (Å²) in [6, 6.07) is 2.27. The number of thiophene rings is 1. The summed E-state index contributed by atoms with van der Waals surface area (Å²) in [5.41, 5.74) is 2.74. The van der Waals surface area contributed by atoms with E-state index >= 15 is 0 Å². The third-order valence-electron chi connectivity index (χ3n) is 3.57. The maximum atomic E-state index is 4.74. The van der Waals surface area contributed by atoms with Crippen LogP contribution in [0, 0.1) is 0 Å². The third kappa shape index (κ3) is 3.47. The molecule has 0 saturated heterocycles. The van der Waals surface area contributed by atoms with E-state index in [0.29, 0.717) is 0 Å². The number of fused-ring (bicyclic) bond motifs is 1. The summed E-state index contributed by atoms with van der Waals surface area (Å²) in [7, 11) is 0. The van der Waals surface area contributed by atoms with Gasteiger partial charge in [-0.1, -0.05) is 6.92 Å². The molecule has 2 aromatic heterocycles. The molecule has 1 aliphatic rings. The van der Waals surface area contributed by atoms with Gasteiger partial charge < -0.3 is 5.32 Å². The molecule has 1 N–H and O–H groups in total. The molecule has 3 heterocycles. The number of aromatic nitrogens is 1. The molecule has 0 fully saturated rings. The Labute approximate surface area is 128 Å². The fraction of sp³-hybridized carbons (Fsp3) is 0.533. The molecule has 0 amide bonds. The lowest BCUT2D eigenvalue weighted by Gasteiger charge is -2.25. The van der Waals surface area contributed by atoms with Crippen LogP contribution >= 0.6 is 22.7 Å². The first-order chi connectivity index (χ1) is 9.85. The van der Waals surface area contributed by atoms with Crippen LogP contribution in [0.1, 0.15) is 34.5 Å². The smallest absolute Gasteiger partial charge is 0.107 e. The van der Waals surface area contributed by atoms with E-state index in [1.807, 2.05) is 11.3 Å². The van der Waals surface area contributed by atoms with Crippen LogP contribution in [0.2, 0.25) is 0 Å². The molecule has 0 unspecified atom stereocenters. The van der Waals surface area contributed by atoms with Gasteiger partial charge in [0, 0.05) is 36.4 Å². The monoisotopic (exact) mass is 307 g/mol. The summed E-state index contributed by atoms with van der Waals surface area (Å²) >= 11 is 3.68. The molecule has 0 spiro atoms. The first-order valence-corrected chi connectivity index (χ1v) is 9.02. The van der Waals surface area contributed by atoms with Gasteiger partial charge in [0.25, 0.3) is 0 Å². The number of hydrogen-bond donors (Lipinski definition) is 1. The second-order valence-corrected chi connectivity index (χ2v) is 7.18. The molecule has 3 nitrogen and oxygen atoms in total. The Morgan fingerprint density at radius 2 is 2.35 bits per heavy atom. The molecule has 0 saturated carbocycles. The molecule has 3 rings (SSSR count). The van der Waals surface area contributed by atoms with Crippen LogP contribution in [0.3, 0.4) is 0 Å². The lowest BCUT2D eigenvalue weighted by molar-refractivity contribution is 0.245. The summed E-state index contributed by atoms with van der Waals surface area (Å²) in [5.74, 6) is 0. The van der Waals surface area contributed by atoms with Gasteiger partial charge in [0.05, 0.1) is 5.69 Å². The van der Waals surface area contributed by atoms with Crippen molar-refractivity contribution in [3.63, 3.8) is 0 Å². The average Bonchev–Trinajstić information content (AvgIpc) is 3.08. The second kappa shape index (κ2) is 6.80. The van der Waals surface area contributed by atoms with Gasteiger partial charge in [-0.15, -0.1) is 22.7 Å². The zero-order valence-corrected chi connectivity index (χ0v) is 13.5. The number of hydrogen-bond acceptors (Lipinski definition) is 5. The molecule has 108 valence electrons. The zero-order chi connectivity index (χ0) is 13.8. The van der Waals surface area contributed by atoms with E-state index in [2.05, 4.69) is 34.0 Å². The number of nitrogens with zero attached hydrogens (tertiary/aromatic N) is 2. The van der Waals surface area contributed by atoms with Crippen LogP contribution < -0.4 is 5.32 Å². The zero-order valence-electron chi connectivity index (χ0n) is 11.9. The molecule has 0 bridgehead atoms. The minimum atomic E-state index is 0.910. The van der Waals surface area contributed by atoms with E-state index in [1.165, 1.54) is 29.1 Å². The summed E-state index contributed by atoms with van der Waals surface area (Å²) in [5, 5.41) is 9.05. The summed E-state index contributed by atoms with van der Waals surface area (Å²) in [4.78, 5) is 8.82. The van der Waals surface area contributed by atoms with Crippen molar-refractivity contribution in [2.45, 2.75) is 39.4 Å². The molecule has 0 radical (unpaired) electrons. The molecule has 1 aliphatic heterocycles. The quantitative estimate of drug-likeness (QED) is 0.830. The number of thiazole rings is 1. The van der Waals surface area contributed by atoms with E-state index in [0.717, 1.165) is 32.7 Å². The standard InChI is InChI=1S/C15H21N3S2/c1-2-5-16-8-15-17-13(11-20-15)10-18-6-3-14-12(9-18)4-7-19-14/h4,7,11,16H,2-3,5-6,8-10H2,1H3. The van der Waals surface area contributed by atoms with E-state index in [1.54, 1.807) is 16.2 Å². The highest BCUT2D eigenvalue weighted by atomic mass is 32.1. The van der Waals surface area contributed by atoms with Crippen LogP contribution in [0.15, 0.2) is 16.8 Å². The van der Waals surface area contributed by atoms with Crippen molar-refractivity contribution in [2.24, 2.45) is 0 Å². The van der Waals surface area contributed by atoms with Crippen LogP contribution in [-0.4, -0.2) is 23.0 Å². The first-order valence-electron chi connectivity index (χ1n) is 7.26. The highest BCUT2D eigenvalue weighted by molar-refractivity contribution is 7.10. The summed E-state index contributed by atoms with van der Waals surface area (Å²) < 4.78 is 0. The predicted molar refractivity (Wildman–Crippen MR) is 86.2 cm³/mol. The molecular weight excluding hydrogens is 286 g/mol. The maximum absolute atomic E-state index is 4.74. The van der Waals surface area contributed by atoms with Gasteiger partial charge in [-0.2, -0.15) is 0 Å². The normalized spacial score (nSPS) is 15.4.